The number of hydrogen-bond donors (Lipinski definition) is 1. The number of halogens is 2. The standard InChI is InChI=1S/C16H15Cl2NO3S/c1-9-5-13(10(2)23-9)16(21)22-8-15(20)19-7-11-3-4-12(17)6-14(11)18/h3-6H,7-8H2,1-2H3,(H,19,20). The minimum absolute atomic E-state index is 0.239. The second-order valence-corrected chi connectivity index (χ2v) is 7.22. The van der Waals surface area contributed by atoms with Crippen molar-refractivity contribution in [3.63, 3.8) is 0 Å². The zero-order valence-electron chi connectivity index (χ0n) is 12.6. The largest absolute Gasteiger partial charge is 0.452 e. The van der Waals surface area contributed by atoms with Gasteiger partial charge in [0, 0.05) is 26.3 Å². The van der Waals surface area contributed by atoms with Crippen molar-refractivity contribution in [2.75, 3.05) is 6.61 Å². The Morgan fingerprint density at radius 3 is 2.57 bits per heavy atom. The van der Waals surface area contributed by atoms with Crippen LogP contribution in [0.15, 0.2) is 24.3 Å². The van der Waals surface area contributed by atoms with Gasteiger partial charge in [-0.1, -0.05) is 29.3 Å². The molecule has 0 radical (unpaired) electrons. The van der Waals surface area contributed by atoms with Gasteiger partial charge in [0.15, 0.2) is 6.61 Å². The second kappa shape index (κ2) is 7.81. The molecule has 1 amide bonds. The van der Waals surface area contributed by atoms with Gasteiger partial charge in [0.25, 0.3) is 5.91 Å². The van der Waals surface area contributed by atoms with Gasteiger partial charge in [-0.3, -0.25) is 4.79 Å². The summed E-state index contributed by atoms with van der Waals surface area (Å²) in [4.78, 5) is 25.6. The third-order valence-electron chi connectivity index (χ3n) is 3.09. The highest BCUT2D eigenvalue weighted by Gasteiger charge is 2.15. The van der Waals surface area contributed by atoms with Crippen LogP contribution in [0.1, 0.15) is 25.7 Å². The predicted molar refractivity (Wildman–Crippen MR) is 92.4 cm³/mol. The van der Waals surface area contributed by atoms with Crippen LogP contribution in [-0.2, 0) is 16.1 Å². The lowest BCUT2D eigenvalue weighted by Crippen LogP contribution is -2.28. The number of rotatable bonds is 5. The number of thiophene rings is 1. The number of carbonyl (C=O) groups excluding carboxylic acids is 2. The fourth-order valence-corrected chi connectivity index (χ4v) is 3.34. The van der Waals surface area contributed by atoms with Crippen molar-refractivity contribution in [3.8, 4) is 0 Å². The lowest BCUT2D eigenvalue weighted by atomic mass is 10.2. The first-order valence-electron chi connectivity index (χ1n) is 6.81. The van der Waals surface area contributed by atoms with Gasteiger partial charge in [-0.25, -0.2) is 4.79 Å². The van der Waals surface area contributed by atoms with E-state index in [9.17, 15) is 9.59 Å². The summed E-state index contributed by atoms with van der Waals surface area (Å²) in [5.41, 5.74) is 1.24. The van der Waals surface area contributed by atoms with Crippen molar-refractivity contribution in [1.82, 2.24) is 5.32 Å². The van der Waals surface area contributed by atoms with E-state index < -0.39 is 11.9 Å². The molecule has 0 bridgehead atoms. The molecule has 2 rings (SSSR count). The number of amides is 1. The molecule has 0 aliphatic heterocycles. The van der Waals surface area contributed by atoms with Gasteiger partial charge in [-0.2, -0.15) is 0 Å². The van der Waals surface area contributed by atoms with Crippen molar-refractivity contribution in [3.05, 3.63) is 55.2 Å². The van der Waals surface area contributed by atoms with E-state index in [-0.39, 0.29) is 13.2 Å². The van der Waals surface area contributed by atoms with Crippen LogP contribution in [0.2, 0.25) is 10.0 Å². The Morgan fingerprint density at radius 2 is 1.96 bits per heavy atom. The number of aryl methyl sites for hydroxylation is 2. The first-order valence-corrected chi connectivity index (χ1v) is 8.39. The summed E-state index contributed by atoms with van der Waals surface area (Å²) >= 11 is 13.3. The molecule has 0 atom stereocenters. The lowest BCUT2D eigenvalue weighted by Gasteiger charge is -2.08. The fourth-order valence-electron chi connectivity index (χ4n) is 1.95. The van der Waals surface area contributed by atoms with Crippen LogP contribution in [0.5, 0.6) is 0 Å². The maximum Gasteiger partial charge on any atom is 0.339 e. The Hall–Kier alpha value is -1.56. The second-order valence-electron chi connectivity index (χ2n) is 4.92. The Kier molecular flexibility index (Phi) is 6.04. The number of hydrogen-bond acceptors (Lipinski definition) is 4. The van der Waals surface area contributed by atoms with E-state index in [1.807, 2.05) is 13.8 Å². The van der Waals surface area contributed by atoms with Gasteiger partial charge in [0.1, 0.15) is 0 Å². The molecule has 1 aromatic carbocycles. The average molecular weight is 372 g/mol. The molecule has 1 aromatic heterocycles. The maximum absolute atomic E-state index is 11.9. The van der Waals surface area contributed by atoms with E-state index in [0.29, 0.717) is 15.6 Å². The van der Waals surface area contributed by atoms with Crippen LogP contribution in [0, 0.1) is 13.8 Å². The van der Waals surface area contributed by atoms with Crippen LogP contribution in [-0.4, -0.2) is 18.5 Å². The van der Waals surface area contributed by atoms with E-state index in [1.165, 1.54) is 11.3 Å². The number of carbonyl (C=O) groups is 2. The first-order chi connectivity index (χ1) is 10.9. The van der Waals surface area contributed by atoms with Crippen LogP contribution < -0.4 is 5.32 Å². The Bertz CT molecular complexity index is 743. The van der Waals surface area contributed by atoms with Gasteiger partial charge in [0.2, 0.25) is 0 Å². The van der Waals surface area contributed by atoms with Crippen molar-refractivity contribution in [1.29, 1.82) is 0 Å². The molecule has 0 saturated heterocycles. The summed E-state index contributed by atoms with van der Waals surface area (Å²) in [5, 5.41) is 3.64. The van der Waals surface area contributed by atoms with Crippen LogP contribution in [0.3, 0.4) is 0 Å². The summed E-state index contributed by atoms with van der Waals surface area (Å²) in [6.07, 6.45) is 0. The van der Waals surface area contributed by atoms with Gasteiger partial charge in [0.05, 0.1) is 5.56 Å². The zero-order chi connectivity index (χ0) is 17.0. The molecular formula is C16H15Cl2NO3S. The summed E-state index contributed by atoms with van der Waals surface area (Å²) in [5.74, 6) is -0.888. The minimum Gasteiger partial charge on any atom is -0.452 e. The normalized spacial score (nSPS) is 10.4. The molecule has 4 nitrogen and oxygen atoms in total. The van der Waals surface area contributed by atoms with E-state index in [4.69, 9.17) is 27.9 Å². The molecule has 23 heavy (non-hydrogen) atoms. The predicted octanol–water partition coefficient (Wildman–Crippen LogP) is 4.14. The van der Waals surface area contributed by atoms with Crippen LogP contribution in [0.25, 0.3) is 0 Å². The molecule has 0 aliphatic rings. The molecular weight excluding hydrogens is 357 g/mol. The molecule has 0 saturated carbocycles. The van der Waals surface area contributed by atoms with Crippen LogP contribution >= 0.6 is 34.5 Å². The third-order valence-corrected chi connectivity index (χ3v) is 4.64. The monoisotopic (exact) mass is 371 g/mol. The van der Waals surface area contributed by atoms with Crippen molar-refractivity contribution >= 4 is 46.4 Å². The average Bonchev–Trinajstić information content (AvgIpc) is 2.82. The Morgan fingerprint density at radius 1 is 1.22 bits per heavy atom. The molecule has 0 fully saturated rings. The number of benzene rings is 1. The van der Waals surface area contributed by atoms with Gasteiger partial charge < -0.3 is 10.1 Å². The SMILES string of the molecule is Cc1cc(C(=O)OCC(=O)NCc2ccc(Cl)cc2Cl)c(C)s1. The van der Waals surface area contributed by atoms with E-state index in [0.717, 1.165) is 15.3 Å². The topological polar surface area (TPSA) is 55.4 Å². The van der Waals surface area contributed by atoms with Crippen molar-refractivity contribution in [2.45, 2.75) is 20.4 Å². The quantitative estimate of drug-likeness (QED) is 0.803. The minimum atomic E-state index is -0.494. The summed E-state index contributed by atoms with van der Waals surface area (Å²) < 4.78 is 5.02. The van der Waals surface area contributed by atoms with Crippen LogP contribution in [0.4, 0.5) is 0 Å². The van der Waals surface area contributed by atoms with Gasteiger partial charge >= 0.3 is 5.97 Å². The third kappa shape index (κ3) is 4.96. The zero-order valence-corrected chi connectivity index (χ0v) is 14.9. The molecule has 1 N–H and O–H groups in total. The first kappa shape index (κ1) is 17.8. The molecule has 0 spiro atoms. The molecule has 7 heteroatoms. The summed E-state index contributed by atoms with van der Waals surface area (Å²) in [6, 6.07) is 6.78. The van der Waals surface area contributed by atoms with E-state index >= 15 is 0 Å². The molecule has 0 aliphatic carbocycles. The molecule has 1 heterocycles. The van der Waals surface area contributed by atoms with E-state index in [1.54, 1.807) is 24.3 Å². The number of esters is 1. The van der Waals surface area contributed by atoms with Gasteiger partial charge in [-0.15, -0.1) is 11.3 Å². The highest BCUT2D eigenvalue weighted by Crippen LogP contribution is 2.22. The smallest absolute Gasteiger partial charge is 0.339 e. The molecule has 2 aromatic rings. The molecule has 122 valence electrons. The highest BCUT2D eigenvalue weighted by atomic mass is 35.5. The van der Waals surface area contributed by atoms with Crippen molar-refractivity contribution < 1.29 is 14.3 Å². The summed E-state index contributed by atoms with van der Waals surface area (Å²) in [6.45, 7) is 3.66. The van der Waals surface area contributed by atoms with Crippen molar-refractivity contribution in [2.24, 2.45) is 0 Å². The molecule has 0 unspecified atom stereocenters. The van der Waals surface area contributed by atoms with Gasteiger partial charge in [-0.05, 0) is 37.6 Å². The highest BCUT2D eigenvalue weighted by molar-refractivity contribution is 7.12. The van der Waals surface area contributed by atoms with E-state index in [2.05, 4.69) is 5.32 Å². The fraction of sp³-hybridized carbons (Fsp3) is 0.250. The number of nitrogens with one attached hydrogen (secondary N) is 1. The maximum atomic E-state index is 11.9. The summed E-state index contributed by atoms with van der Waals surface area (Å²) in [7, 11) is 0. The number of ether oxygens (including phenoxy) is 1. The lowest BCUT2D eigenvalue weighted by molar-refractivity contribution is -0.124. The Balaban J connectivity index is 1.83. The Labute approximate surface area is 148 Å².